The molecule has 3 heterocycles. The summed E-state index contributed by atoms with van der Waals surface area (Å²) in [7, 11) is 0. The number of carbonyl (C=O) groups excluding carboxylic acids is 1. The van der Waals surface area contributed by atoms with Crippen LogP contribution in [0.5, 0.6) is 0 Å². The maximum absolute atomic E-state index is 12.9. The summed E-state index contributed by atoms with van der Waals surface area (Å²) in [6.45, 7) is 2.95. The van der Waals surface area contributed by atoms with Gasteiger partial charge in [-0.2, -0.15) is 0 Å². The Hall–Kier alpha value is -3.41. The van der Waals surface area contributed by atoms with Gasteiger partial charge < -0.3 is 15.1 Å². The number of rotatable bonds is 4. The minimum atomic E-state index is -0.107. The molecule has 152 valence electrons. The number of hydrogen-bond donors (Lipinski definition) is 1. The molecule has 6 nitrogen and oxygen atoms in total. The van der Waals surface area contributed by atoms with Gasteiger partial charge >= 0.3 is 0 Å². The lowest BCUT2D eigenvalue weighted by Crippen LogP contribution is -2.29. The zero-order valence-corrected chi connectivity index (χ0v) is 16.9. The van der Waals surface area contributed by atoms with E-state index >= 15 is 0 Å². The molecule has 30 heavy (non-hydrogen) atoms. The largest absolute Gasteiger partial charge is 0.372 e. The first-order valence-corrected chi connectivity index (χ1v) is 10.6. The number of aromatic nitrogens is 2. The predicted octanol–water partition coefficient (Wildman–Crippen LogP) is 4.41. The number of amides is 1. The van der Waals surface area contributed by atoms with Crippen LogP contribution in [0, 0.1) is 0 Å². The molecule has 1 N–H and O–H groups in total. The van der Waals surface area contributed by atoms with Gasteiger partial charge in [-0.25, -0.2) is 0 Å². The molecular weight excluding hydrogens is 374 g/mol. The summed E-state index contributed by atoms with van der Waals surface area (Å²) in [5, 5.41) is 11.7. The molecule has 1 fully saturated rings. The van der Waals surface area contributed by atoms with E-state index in [4.69, 9.17) is 0 Å². The molecule has 0 aliphatic carbocycles. The van der Waals surface area contributed by atoms with Crippen LogP contribution in [0.4, 0.5) is 22.9 Å². The van der Waals surface area contributed by atoms with Crippen LogP contribution in [0.25, 0.3) is 0 Å². The Morgan fingerprint density at radius 2 is 1.63 bits per heavy atom. The number of piperidine rings is 1. The smallest absolute Gasteiger partial charge is 0.278 e. The maximum atomic E-state index is 12.9. The topological polar surface area (TPSA) is 61.4 Å². The van der Waals surface area contributed by atoms with Gasteiger partial charge in [0.1, 0.15) is 0 Å². The first kappa shape index (κ1) is 18.6. The van der Waals surface area contributed by atoms with Crippen molar-refractivity contribution in [3.05, 3.63) is 71.9 Å². The Balaban J connectivity index is 1.25. The van der Waals surface area contributed by atoms with E-state index in [0.29, 0.717) is 18.1 Å². The van der Waals surface area contributed by atoms with Crippen LogP contribution in [0.3, 0.4) is 0 Å². The van der Waals surface area contributed by atoms with Gasteiger partial charge in [-0.3, -0.25) is 4.79 Å². The van der Waals surface area contributed by atoms with Crippen molar-refractivity contribution in [3.8, 4) is 0 Å². The van der Waals surface area contributed by atoms with Gasteiger partial charge in [-0.15, -0.1) is 10.2 Å². The molecule has 1 aromatic heterocycles. The molecule has 1 amide bonds. The molecule has 0 spiro atoms. The summed E-state index contributed by atoms with van der Waals surface area (Å²) >= 11 is 0. The van der Waals surface area contributed by atoms with E-state index in [1.807, 2.05) is 18.2 Å². The molecule has 5 rings (SSSR count). The molecule has 3 aromatic rings. The number of nitrogens with one attached hydrogen (secondary N) is 1. The van der Waals surface area contributed by atoms with Crippen molar-refractivity contribution >= 4 is 28.8 Å². The number of anilines is 4. The minimum Gasteiger partial charge on any atom is -0.372 e. The third-order valence-electron chi connectivity index (χ3n) is 5.88. The first-order chi connectivity index (χ1) is 14.8. The van der Waals surface area contributed by atoms with Crippen molar-refractivity contribution in [3.63, 3.8) is 0 Å². The summed E-state index contributed by atoms with van der Waals surface area (Å²) in [6.07, 6.45) is 4.74. The molecule has 0 atom stereocenters. The number of carbonyl (C=O) groups is 1. The predicted molar refractivity (Wildman–Crippen MR) is 120 cm³/mol. The summed E-state index contributed by atoms with van der Waals surface area (Å²) < 4.78 is 0. The van der Waals surface area contributed by atoms with Gasteiger partial charge in [0, 0.05) is 36.7 Å². The second-order valence-electron chi connectivity index (χ2n) is 7.86. The quantitative estimate of drug-likeness (QED) is 0.704. The Morgan fingerprint density at radius 3 is 2.40 bits per heavy atom. The Morgan fingerprint density at radius 1 is 0.833 bits per heavy atom. The van der Waals surface area contributed by atoms with Crippen LogP contribution < -0.4 is 15.1 Å². The van der Waals surface area contributed by atoms with Gasteiger partial charge in [0.05, 0.1) is 0 Å². The number of hydrogen-bond acceptors (Lipinski definition) is 5. The Kier molecular flexibility index (Phi) is 5.05. The monoisotopic (exact) mass is 399 g/mol. The van der Waals surface area contributed by atoms with E-state index in [1.165, 1.54) is 30.5 Å². The number of benzene rings is 2. The van der Waals surface area contributed by atoms with Crippen molar-refractivity contribution in [1.82, 2.24) is 10.2 Å². The zero-order chi connectivity index (χ0) is 20.3. The van der Waals surface area contributed by atoms with Crippen molar-refractivity contribution in [2.45, 2.75) is 25.7 Å². The lowest BCUT2D eigenvalue weighted by Gasteiger charge is -2.28. The Labute approximate surface area is 176 Å². The van der Waals surface area contributed by atoms with Gasteiger partial charge in [0.25, 0.3) is 5.91 Å². The van der Waals surface area contributed by atoms with E-state index in [1.54, 1.807) is 17.0 Å². The van der Waals surface area contributed by atoms with E-state index in [-0.39, 0.29) is 5.91 Å². The van der Waals surface area contributed by atoms with Crippen LogP contribution >= 0.6 is 0 Å². The third kappa shape index (κ3) is 3.73. The van der Waals surface area contributed by atoms with E-state index in [0.717, 1.165) is 30.9 Å². The molecule has 0 bridgehead atoms. The van der Waals surface area contributed by atoms with Gasteiger partial charge in [0.15, 0.2) is 11.5 Å². The van der Waals surface area contributed by atoms with Crippen LogP contribution in [0.2, 0.25) is 0 Å². The fourth-order valence-corrected chi connectivity index (χ4v) is 4.26. The molecule has 0 radical (unpaired) electrons. The highest BCUT2D eigenvalue weighted by Crippen LogP contribution is 2.28. The molecule has 2 aromatic carbocycles. The van der Waals surface area contributed by atoms with Crippen molar-refractivity contribution < 1.29 is 4.79 Å². The normalized spacial score (nSPS) is 15.7. The fourth-order valence-electron chi connectivity index (χ4n) is 4.26. The molecule has 2 aliphatic heterocycles. The van der Waals surface area contributed by atoms with E-state index in [9.17, 15) is 4.79 Å². The average Bonchev–Trinajstić information content (AvgIpc) is 3.24. The summed E-state index contributed by atoms with van der Waals surface area (Å²) in [4.78, 5) is 17.1. The molecule has 2 aliphatic rings. The number of fused-ring (bicyclic) bond motifs is 1. The van der Waals surface area contributed by atoms with Crippen LogP contribution in [0.1, 0.15) is 35.3 Å². The highest BCUT2D eigenvalue weighted by atomic mass is 16.2. The standard InChI is InChI=1S/C24H25N5O/c30-24(29-17-14-18-6-2-3-7-22(18)29)21-12-13-23(27-26-21)25-19-8-10-20(11-9-19)28-15-4-1-5-16-28/h2-3,6-13H,1,4-5,14-17H2,(H,25,27). The number of nitrogens with zero attached hydrogens (tertiary/aromatic N) is 4. The zero-order valence-electron chi connectivity index (χ0n) is 16.9. The van der Waals surface area contributed by atoms with Crippen molar-refractivity contribution in [2.24, 2.45) is 0 Å². The van der Waals surface area contributed by atoms with Crippen molar-refractivity contribution in [1.29, 1.82) is 0 Å². The lowest BCUT2D eigenvalue weighted by molar-refractivity contribution is 0.0983. The molecule has 0 saturated carbocycles. The summed E-state index contributed by atoms with van der Waals surface area (Å²) in [6, 6.07) is 20.0. The lowest BCUT2D eigenvalue weighted by atomic mass is 10.1. The highest BCUT2D eigenvalue weighted by molar-refractivity contribution is 6.06. The second-order valence-corrected chi connectivity index (χ2v) is 7.86. The Bertz CT molecular complexity index is 1030. The second kappa shape index (κ2) is 8.14. The minimum absolute atomic E-state index is 0.107. The molecule has 0 unspecified atom stereocenters. The van der Waals surface area contributed by atoms with Gasteiger partial charge in [-0.1, -0.05) is 18.2 Å². The number of para-hydroxylation sites is 1. The van der Waals surface area contributed by atoms with Crippen LogP contribution in [0.15, 0.2) is 60.7 Å². The van der Waals surface area contributed by atoms with Gasteiger partial charge in [-0.05, 0) is 73.7 Å². The maximum Gasteiger partial charge on any atom is 0.278 e. The average molecular weight is 399 g/mol. The molecule has 1 saturated heterocycles. The third-order valence-corrected chi connectivity index (χ3v) is 5.88. The fraction of sp³-hybridized carbons (Fsp3) is 0.292. The van der Waals surface area contributed by atoms with E-state index in [2.05, 4.69) is 50.7 Å². The van der Waals surface area contributed by atoms with Crippen LogP contribution in [-0.2, 0) is 6.42 Å². The van der Waals surface area contributed by atoms with Crippen LogP contribution in [-0.4, -0.2) is 35.7 Å². The SMILES string of the molecule is O=C(c1ccc(Nc2ccc(N3CCCCC3)cc2)nn1)N1CCc2ccccc21. The molecular formula is C24H25N5O. The first-order valence-electron chi connectivity index (χ1n) is 10.6. The summed E-state index contributed by atoms with van der Waals surface area (Å²) in [5.41, 5.74) is 4.75. The molecule has 6 heteroatoms. The highest BCUT2D eigenvalue weighted by Gasteiger charge is 2.26. The van der Waals surface area contributed by atoms with Crippen molar-refractivity contribution in [2.75, 3.05) is 34.8 Å². The van der Waals surface area contributed by atoms with E-state index < -0.39 is 0 Å². The summed E-state index contributed by atoms with van der Waals surface area (Å²) in [5.74, 6) is 0.518. The van der Waals surface area contributed by atoms with Gasteiger partial charge in [0.2, 0.25) is 0 Å².